The highest BCUT2D eigenvalue weighted by atomic mass is 79.9. The summed E-state index contributed by atoms with van der Waals surface area (Å²) in [5, 5.41) is 14.8. The van der Waals surface area contributed by atoms with Crippen molar-refractivity contribution < 1.29 is 14.7 Å². The average molecular weight is 378 g/mol. The van der Waals surface area contributed by atoms with Gasteiger partial charge < -0.3 is 10.4 Å². The molecular formula is C16H16BrN3O3. The number of nitrogens with one attached hydrogen (secondary N) is 2. The Hall–Kier alpha value is -2.25. The van der Waals surface area contributed by atoms with E-state index in [1.807, 2.05) is 6.07 Å². The molecule has 1 aromatic carbocycles. The topological polar surface area (TPSA) is 91.3 Å². The maximum atomic E-state index is 12.0. The van der Waals surface area contributed by atoms with Crippen molar-refractivity contribution in [3.05, 3.63) is 58.8 Å². The summed E-state index contributed by atoms with van der Waals surface area (Å²) in [5.41, 5.74) is 1.47. The summed E-state index contributed by atoms with van der Waals surface area (Å²) < 4.78 is 0.900. The van der Waals surface area contributed by atoms with Gasteiger partial charge in [0.05, 0.1) is 6.42 Å². The number of aliphatic carboxylic acids is 1. The molecule has 1 atom stereocenters. The van der Waals surface area contributed by atoms with E-state index in [1.54, 1.807) is 42.7 Å². The third-order valence-electron chi connectivity index (χ3n) is 3.09. The van der Waals surface area contributed by atoms with Gasteiger partial charge in [0, 0.05) is 29.1 Å². The van der Waals surface area contributed by atoms with Crippen LogP contribution in [0.5, 0.6) is 0 Å². The molecule has 0 bridgehead atoms. The zero-order valence-electron chi connectivity index (χ0n) is 12.2. The summed E-state index contributed by atoms with van der Waals surface area (Å²) in [6, 6.07) is 9.71. The molecule has 6 nitrogen and oxygen atoms in total. The first-order valence-electron chi connectivity index (χ1n) is 6.95. The molecule has 0 aliphatic carbocycles. The number of halogens is 1. The van der Waals surface area contributed by atoms with E-state index < -0.39 is 12.0 Å². The number of hydrogen-bond acceptors (Lipinski definition) is 4. The van der Waals surface area contributed by atoms with Gasteiger partial charge in [0.25, 0.3) is 0 Å². The maximum absolute atomic E-state index is 12.0. The van der Waals surface area contributed by atoms with Crippen LogP contribution in [-0.2, 0) is 16.1 Å². The lowest BCUT2D eigenvalue weighted by Crippen LogP contribution is -2.39. The highest BCUT2D eigenvalue weighted by molar-refractivity contribution is 9.10. The number of carboxylic acids is 1. The number of pyridine rings is 1. The average Bonchev–Trinajstić information content (AvgIpc) is 2.54. The zero-order valence-corrected chi connectivity index (χ0v) is 13.8. The van der Waals surface area contributed by atoms with E-state index in [2.05, 4.69) is 31.5 Å². The smallest absolute Gasteiger partial charge is 0.321 e. The molecule has 0 fully saturated rings. The normalized spacial score (nSPS) is 11.7. The quantitative estimate of drug-likeness (QED) is 0.688. The number of carbonyl (C=O) groups is 2. The summed E-state index contributed by atoms with van der Waals surface area (Å²) in [5.74, 6) is -1.43. The van der Waals surface area contributed by atoms with Crippen molar-refractivity contribution >= 4 is 33.5 Å². The Bertz CT molecular complexity index is 662. The lowest BCUT2D eigenvalue weighted by Gasteiger charge is -2.14. The number of rotatable bonds is 7. The zero-order chi connectivity index (χ0) is 16.7. The van der Waals surface area contributed by atoms with Crippen molar-refractivity contribution in [2.45, 2.75) is 19.0 Å². The number of aromatic nitrogens is 1. The third kappa shape index (κ3) is 5.80. The van der Waals surface area contributed by atoms with Crippen LogP contribution in [0.2, 0.25) is 0 Å². The van der Waals surface area contributed by atoms with E-state index >= 15 is 0 Å². The molecule has 2 aromatic rings. The van der Waals surface area contributed by atoms with Crippen molar-refractivity contribution in [2.75, 3.05) is 5.32 Å². The van der Waals surface area contributed by atoms with E-state index in [0.717, 1.165) is 10.0 Å². The van der Waals surface area contributed by atoms with E-state index in [1.165, 1.54) is 0 Å². The molecule has 0 aliphatic heterocycles. The van der Waals surface area contributed by atoms with Gasteiger partial charge in [-0.25, -0.2) is 0 Å². The van der Waals surface area contributed by atoms with Gasteiger partial charge in [-0.3, -0.25) is 19.9 Å². The highest BCUT2D eigenvalue weighted by Gasteiger charge is 2.20. The van der Waals surface area contributed by atoms with Gasteiger partial charge >= 0.3 is 5.97 Å². The molecule has 3 N–H and O–H groups in total. The van der Waals surface area contributed by atoms with E-state index in [4.69, 9.17) is 0 Å². The molecule has 7 heteroatoms. The van der Waals surface area contributed by atoms with Gasteiger partial charge in [-0.15, -0.1) is 0 Å². The minimum absolute atomic E-state index is 0.161. The highest BCUT2D eigenvalue weighted by Crippen LogP contribution is 2.14. The second-order valence-electron chi connectivity index (χ2n) is 4.89. The first kappa shape index (κ1) is 17.1. The fourth-order valence-corrected chi connectivity index (χ4v) is 2.19. The Morgan fingerprint density at radius 1 is 1.22 bits per heavy atom. The van der Waals surface area contributed by atoms with Gasteiger partial charge in [-0.1, -0.05) is 22.0 Å². The largest absolute Gasteiger partial charge is 0.480 e. The summed E-state index contributed by atoms with van der Waals surface area (Å²) in [6.45, 7) is 0.330. The molecule has 0 spiro atoms. The fraction of sp³-hybridized carbons (Fsp3) is 0.188. The van der Waals surface area contributed by atoms with Crippen LogP contribution in [0.4, 0.5) is 5.69 Å². The predicted molar refractivity (Wildman–Crippen MR) is 89.9 cm³/mol. The standard InChI is InChI=1S/C16H16BrN3O3/c17-12-3-5-13(6-4-12)20-15(21)8-14(16(22)23)19-10-11-2-1-7-18-9-11/h1-7,9,14,19H,8,10H2,(H,20,21)(H,22,23)/t14-/m0/s1. The summed E-state index contributed by atoms with van der Waals surface area (Å²) >= 11 is 3.31. The van der Waals surface area contributed by atoms with Crippen molar-refractivity contribution in [2.24, 2.45) is 0 Å². The van der Waals surface area contributed by atoms with Crippen LogP contribution in [0.1, 0.15) is 12.0 Å². The molecule has 0 saturated heterocycles. The van der Waals surface area contributed by atoms with Crippen LogP contribution < -0.4 is 10.6 Å². The number of anilines is 1. The number of carbonyl (C=O) groups excluding carboxylic acids is 1. The molecule has 2 rings (SSSR count). The lowest BCUT2D eigenvalue weighted by atomic mass is 10.1. The van der Waals surface area contributed by atoms with Crippen LogP contribution in [0.25, 0.3) is 0 Å². The Morgan fingerprint density at radius 3 is 2.57 bits per heavy atom. The Labute approximate surface area is 142 Å². The van der Waals surface area contributed by atoms with Crippen molar-refractivity contribution in [1.29, 1.82) is 0 Å². The van der Waals surface area contributed by atoms with Gasteiger partial charge in [-0.2, -0.15) is 0 Å². The number of amides is 1. The van der Waals surface area contributed by atoms with Crippen molar-refractivity contribution in [3.63, 3.8) is 0 Å². The SMILES string of the molecule is O=C(C[C@H](NCc1cccnc1)C(=O)O)Nc1ccc(Br)cc1. The molecular weight excluding hydrogens is 362 g/mol. The van der Waals surface area contributed by atoms with Gasteiger partial charge in [0.2, 0.25) is 5.91 Å². The van der Waals surface area contributed by atoms with Crippen LogP contribution >= 0.6 is 15.9 Å². The van der Waals surface area contributed by atoms with Crippen molar-refractivity contribution in [1.82, 2.24) is 10.3 Å². The number of nitrogens with zero attached hydrogens (tertiary/aromatic N) is 1. The summed E-state index contributed by atoms with van der Waals surface area (Å²) in [7, 11) is 0. The molecule has 1 amide bonds. The molecule has 23 heavy (non-hydrogen) atoms. The van der Waals surface area contributed by atoms with Crippen LogP contribution in [0.3, 0.4) is 0 Å². The maximum Gasteiger partial charge on any atom is 0.321 e. The first-order chi connectivity index (χ1) is 11.0. The van der Waals surface area contributed by atoms with Gasteiger partial charge in [0.15, 0.2) is 0 Å². The summed E-state index contributed by atoms with van der Waals surface area (Å²) in [4.78, 5) is 27.2. The second-order valence-corrected chi connectivity index (χ2v) is 5.81. The van der Waals surface area contributed by atoms with Crippen molar-refractivity contribution in [3.8, 4) is 0 Å². The summed E-state index contributed by atoms with van der Waals surface area (Å²) in [6.07, 6.45) is 3.13. The second kappa shape index (κ2) is 8.40. The number of benzene rings is 1. The van der Waals surface area contributed by atoms with Crippen LogP contribution in [0, 0.1) is 0 Å². The fourth-order valence-electron chi connectivity index (χ4n) is 1.92. The monoisotopic (exact) mass is 377 g/mol. The molecule has 0 radical (unpaired) electrons. The minimum Gasteiger partial charge on any atom is -0.480 e. The predicted octanol–water partition coefficient (Wildman–Crippen LogP) is 2.42. The molecule has 1 aromatic heterocycles. The van der Waals surface area contributed by atoms with Gasteiger partial charge in [0.1, 0.15) is 6.04 Å². The van der Waals surface area contributed by atoms with E-state index in [0.29, 0.717) is 12.2 Å². The molecule has 0 aliphatic rings. The first-order valence-corrected chi connectivity index (χ1v) is 7.74. The Balaban J connectivity index is 1.89. The third-order valence-corrected chi connectivity index (χ3v) is 3.62. The van der Waals surface area contributed by atoms with Crippen LogP contribution in [-0.4, -0.2) is 28.0 Å². The Morgan fingerprint density at radius 2 is 1.96 bits per heavy atom. The van der Waals surface area contributed by atoms with E-state index in [-0.39, 0.29) is 12.3 Å². The Kier molecular flexibility index (Phi) is 6.25. The van der Waals surface area contributed by atoms with Gasteiger partial charge in [-0.05, 0) is 35.9 Å². The molecule has 0 unspecified atom stereocenters. The van der Waals surface area contributed by atoms with E-state index in [9.17, 15) is 14.7 Å². The number of hydrogen-bond donors (Lipinski definition) is 3. The molecule has 1 heterocycles. The number of carboxylic acid groups (broad SMARTS) is 1. The lowest BCUT2D eigenvalue weighted by molar-refractivity contribution is -0.141. The molecule has 120 valence electrons. The minimum atomic E-state index is -1.07. The van der Waals surface area contributed by atoms with Crippen LogP contribution in [0.15, 0.2) is 53.3 Å². The molecule has 0 saturated carbocycles.